The van der Waals surface area contributed by atoms with Gasteiger partial charge in [-0.1, -0.05) is 23.4 Å². The molecule has 4 rings (SSSR count). The van der Waals surface area contributed by atoms with E-state index < -0.39 is 5.66 Å². The Bertz CT molecular complexity index is 979. The highest BCUT2D eigenvalue weighted by atomic mass is 19.1. The van der Waals surface area contributed by atoms with E-state index in [4.69, 9.17) is 4.52 Å². The number of hydrogen-bond acceptors (Lipinski definition) is 5. The molecule has 1 unspecified atom stereocenters. The van der Waals surface area contributed by atoms with E-state index >= 15 is 0 Å². The van der Waals surface area contributed by atoms with Gasteiger partial charge in [0.15, 0.2) is 5.66 Å². The molecule has 7 nitrogen and oxygen atoms in total. The van der Waals surface area contributed by atoms with Crippen molar-refractivity contribution in [3.05, 3.63) is 59.7 Å². The van der Waals surface area contributed by atoms with Crippen molar-refractivity contribution in [2.45, 2.75) is 25.6 Å². The summed E-state index contributed by atoms with van der Waals surface area (Å²) in [5, 5.41) is 11.4. The molecule has 132 valence electrons. The van der Waals surface area contributed by atoms with Crippen molar-refractivity contribution < 1.29 is 13.7 Å². The van der Waals surface area contributed by atoms with Crippen LogP contribution < -0.4 is 5.32 Å². The summed E-state index contributed by atoms with van der Waals surface area (Å²) in [5.41, 5.74) is 1.27. The predicted molar refractivity (Wildman–Crippen MR) is 91.8 cm³/mol. The quantitative estimate of drug-likeness (QED) is 0.781. The summed E-state index contributed by atoms with van der Waals surface area (Å²) in [6.45, 7) is 1.98. The highest BCUT2D eigenvalue weighted by Crippen LogP contribution is 2.28. The minimum Gasteiger partial charge on any atom is -0.364 e. The first-order chi connectivity index (χ1) is 12.5. The molecule has 1 aromatic carbocycles. The largest absolute Gasteiger partial charge is 0.364 e. The van der Waals surface area contributed by atoms with Crippen molar-refractivity contribution in [2.24, 2.45) is 4.99 Å². The second kappa shape index (κ2) is 6.21. The van der Waals surface area contributed by atoms with Crippen molar-refractivity contribution in [3.8, 4) is 11.4 Å². The van der Waals surface area contributed by atoms with Crippen LogP contribution in [-0.4, -0.2) is 27.1 Å². The van der Waals surface area contributed by atoms with Crippen LogP contribution in [0.3, 0.4) is 0 Å². The Hall–Kier alpha value is -3.29. The standard InChI is InChI=1S/C18H16FN5O2/c1-18(20-8-6-17(25)21-18)16-10-15(14-7-9-26-23-14)24(22-16)11-12-4-2-3-5-13(12)19/h2-5,7-10H,6,11H2,1H3,(H,21,25). The number of hydrogen-bond donors (Lipinski definition) is 1. The number of benzene rings is 1. The molecule has 0 saturated carbocycles. The van der Waals surface area contributed by atoms with Gasteiger partial charge >= 0.3 is 0 Å². The Balaban J connectivity index is 1.79. The van der Waals surface area contributed by atoms with Crippen molar-refractivity contribution in [2.75, 3.05) is 0 Å². The van der Waals surface area contributed by atoms with Gasteiger partial charge in [0.25, 0.3) is 0 Å². The molecule has 0 spiro atoms. The van der Waals surface area contributed by atoms with Crippen LogP contribution in [0.1, 0.15) is 24.6 Å². The highest BCUT2D eigenvalue weighted by Gasteiger charge is 2.33. The molecule has 1 aliphatic rings. The summed E-state index contributed by atoms with van der Waals surface area (Å²) in [6.07, 6.45) is 3.27. The monoisotopic (exact) mass is 353 g/mol. The van der Waals surface area contributed by atoms with Crippen LogP contribution in [0.5, 0.6) is 0 Å². The molecule has 3 aromatic rings. The summed E-state index contributed by atoms with van der Waals surface area (Å²) >= 11 is 0. The second-order valence-electron chi connectivity index (χ2n) is 6.18. The van der Waals surface area contributed by atoms with Gasteiger partial charge in [-0.25, -0.2) is 4.39 Å². The average Bonchev–Trinajstić information content (AvgIpc) is 3.26. The van der Waals surface area contributed by atoms with Gasteiger partial charge < -0.3 is 9.84 Å². The Kier molecular flexibility index (Phi) is 3.87. The van der Waals surface area contributed by atoms with Crippen molar-refractivity contribution in [1.29, 1.82) is 0 Å². The molecule has 1 atom stereocenters. The van der Waals surface area contributed by atoms with E-state index in [9.17, 15) is 9.18 Å². The van der Waals surface area contributed by atoms with E-state index in [2.05, 4.69) is 20.6 Å². The number of rotatable bonds is 4. The fraction of sp³-hybridized carbons (Fsp3) is 0.222. The van der Waals surface area contributed by atoms with E-state index in [1.165, 1.54) is 12.3 Å². The summed E-state index contributed by atoms with van der Waals surface area (Å²) in [6, 6.07) is 9.99. The predicted octanol–water partition coefficient (Wildman–Crippen LogP) is 2.49. The van der Waals surface area contributed by atoms with Gasteiger partial charge in [0.05, 0.1) is 18.7 Å². The molecule has 8 heteroatoms. The third kappa shape index (κ3) is 2.90. The lowest BCUT2D eigenvalue weighted by Crippen LogP contribution is -2.45. The molecule has 26 heavy (non-hydrogen) atoms. The molecule has 0 bridgehead atoms. The van der Waals surface area contributed by atoms with Crippen LogP contribution in [0.4, 0.5) is 4.39 Å². The van der Waals surface area contributed by atoms with Gasteiger partial charge in [0.2, 0.25) is 5.91 Å². The molecule has 2 aromatic heterocycles. The van der Waals surface area contributed by atoms with Crippen LogP contribution in [0.2, 0.25) is 0 Å². The van der Waals surface area contributed by atoms with Gasteiger partial charge in [0.1, 0.15) is 23.5 Å². The number of aliphatic imine (C=N–C) groups is 1. The summed E-state index contributed by atoms with van der Waals surface area (Å²) in [4.78, 5) is 16.2. The number of halogens is 1. The second-order valence-corrected chi connectivity index (χ2v) is 6.18. The molecule has 1 aliphatic heterocycles. The molecule has 0 fully saturated rings. The topological polar surface area (TPSA) is 85.3 Å². The molecular weight excluding hydrogens is 337 g/mol. The van der Waals surface area contributed by atoms with Gasteiger partial charge in [-0.3, -0.25) is 14.5 Å². The lowest BCUT2D eigenvalue weighted by molar-refractivity contribution is -0.122. The molecule has 0 radical (unpaired) electrons. The van der Waals surface area contributed by atoms with Crippen LogP contribution in [0.25, 0.3) is 11.4 Å². The maximum atomic E-state index is 14.1. The maximum absolute atomic E-state index is 14.1. The van der Waals surface area contributed by atoms with E-state index in [1.807, 2.05) is 0 Å². The van der Waals surface area contributed by atoms with Crippen molar-refractivity contribution in [3.63, 3.8) is 0 Å². The molecule has 0 aliphatic carbocycles. The van der Waals surface area contributed by atoms with Crippen LogP contribution in [0.15, 0.2) is 52.2 Å². The van der Waals surface area contributed by atoms with E-state index in [0.717, 1.165) is 0 Å². The first-order valence-electron chi connectivity index (χ1n) is 8.12. The van der Waals surface area contributed by atoms with Crippen molar-refractivity contribution in [1.82, 2.24) is 20.3 Å². The number of aromatic nitrogens is 3. The van der Waals surface area contributed by atoms with Gasteiger partial charge in [-0.05, 0) is 19.1 Å². The average molecular weight is 353 g/mol. The summed E-state index contributed by atoms with van der Waals surface area (Å²) < 4.78 is 20.6. The molecule has 0 saturated heterocycles. The Labute approximate surface area is 148 Å². The number of nitrogens with one attached hydrogen (secondary N) is 1. The van der Waals surface area contributed by atoms with Crippen molar-refractivity contribution >= 4 is 12.1 Å². The number of amides is 1. The highest BCUT2D eigenvalue weighted by molar-refractivity contribution is 5.92. The third-order valence-corrected chi connectivity index (χ3v) is 4.27. The minimum absolute atomic E-state index is 0.130. The zero-order valence-electron chi connectivity index (χ0n) is 14.0. The van der Waals surface area contributed by atoms with Gasteiger partial charge in [-0.15, -0.1) is 0 Å². The first-order valence-corrected chi connectivity index (χ1v) is 8.12. The SMILES string of the molecule is CC1(c2cc(-c3ccon3)n(Cc3ccccc3F)n2)N=CCC(=O)N1. The van der Waals surface area contributed by atoms with Crippen LogP contribution in [0, 0.1) is 5.82 Å². The normalized spacial score (nSPS) is 19.5. The van der Waals surface area contributed by atoms with Gasteiger partial charge in [-0.2, -0.15) is 5.10 Å². The zero-order chi connectivity index (χ0) is 18.1. The van der Waals surface area contributed by atoms with E-state index in [1.54, 1.807) is 48.2 Å². The smallest absolute Gasteiger partial charge is 0.227 e. The number of carbonyl (C=O) groups is 1. The molecule has 3 heterocycles. The summed E-state index contributed by atoms with van der Waals surface area (Å²) in [7, 11) is 0. The van der Waals surface area contributed by atoms with E-state index in [0.29, 0.717) is 22.6 Å². The number of nitrogens with zero attached hydrogens (tertiary/aromatic N) is 4. The lowest BCUT2D eigenvalue weighted by Gasteiger charge is -2.27. The fourth-order valence-corrected chi connectivity index (χ4v) is 2.91. The van der Waals surface area contributed by atoms with E-state index in [-0.39, 0.29) is 24.7 Å². The number of carbonyl (C=O) groups excluding carboxylic acids is 1. The van der Waals surface area contributed by atoms with Crippen LogP contribution in [-0.2, 0) is 17.0 Å². The lowest BCUT2D eigenvalue weighted by atomic mass is 10.1. The molecular formula is C18H16FN5O2. The van der Waals surface area contributed by atoms with Crippen LogP contribution >= 0.6 is 0 Å². The fourth-order valence-electron chi connectivity index (χ4n) is 2.91. The first kappa shape index (κ1) is 16.2. The van der Waals surface area contributed by atoms with Gasteiger partial charge in [0, 0.05) is 17.8 Å². The molecule has 1 N–H and O–H groups in total. The Morgan fingerprint density at radius 1 is 1.35 bits per heavy atom. The zero-order valence-corrected chi connectivity index (χ0v) is 14.0. The Morgan fingerprint density at radius 2 is 2.19 bits per heavy atom. The maximum Gasteiger partial charge on any atom is 0.227 e. The molecule has 1 amide bonds. The minimum atomic E-state index is -0.978. The Morgan fingerprint density at radius 3 is 2.92 bits per heavy atom. The summed E-state index contributed by atoms with van der Waals surface area (Å²) in [5.74, 6) is -0.444. The third-order valence-electron chi connectivity index (χ3n) is 4.27.